The van der Waals surface area contributed by atoms with Crippen molar-refractivity contribution < 1.29 is 22.6 Å². The van der Waals surface area contributed by atoms with Crippen molar-refractivity contribution in [2.45, 2.75) is 65.0 Å². The molecular formula is C25H35F3N8O2Si. The summed E-state index contributed by atoms with van der Waals surface area (Å²) in [7, 11) is -1.19. The maximum atomic E-state index is 14.0. The molecule has 0 aliphatic carbocycles. The van der Waals surface area contributed by atoms with E-state index in [1.165, 1.54) is 0 Å². The van der Waals surface area contributed by atoms with Gasteiger partial charge in [0, 0.05) is 56.9 Å². The Kier molecular flexibility index (Phi) is 7.48. The molecule has 1 saturated heterocycles. The minimum absolute atomic E-state index is 0.0139. The molecule has 1 fully saturated rings. The molecule has 3 aromatic rings. The van der Waals surface area contributed by atoms with Crippen molar-refractivity contribution >= 4 is 25.5 Å². The van der Waals surface area contributed by atoms with Crippen LogP contribution in [0.1, 0.15) is 23.9 Å². The summed E-state index contributed by atoms with van der Waals surface area (Å²) in [5.74, 6) is 1.67. The number of hydrazine groups is 1. The van der Waals surface area contributed by atoms with Gasteiger partial charge >= 0.3 is 6.18 Å². The van der Waals surface area contributed by atoms with E-state index in [0.717, 1.165) is 6.04 Å². The largest absolute Gasteiger partial charge is 0.435 e. The molecule has 0 aromatic carbocycles. The average Bonchev–Trinajstić information content (AvgIpc) is 3.58. The smallest absolute Gasteiger partial charge is 0.377 e. The predicted molar refractivity (Wildman–Crippen MR) is 144 cm³/mol. The fourth-order valence-corrected chi connectivity index (χ4v) is 5.56. The standard InChI is InChI=1S/C25H35F3N8O2Si/c1-16-14-37-9-8-35(16)21-12-18(22-17(2)31-32-23(22)25(26,27)28)19-13-29-36(24(19)30-21)20-6-7-34(33-20)15-38-10-11-39(3,4)5/h6-7,12,16,29H,8-11,13-15H2,1-5H3,(H,31,32)/t16-/m1/s1. The molecule has 0 unspecified atom stereocenters. The first-order chi connectivity index (χ1) is 18.4. The second kappa shape index (κ2) is 10.6. The van der Waals surface area contributed by atoms with E-state index in [9.17, 15) is 13.2 Å². The second-order valence-electron chi connectivity index (χ2n) is 11.2. The molecule has 39 heavy (non-hydrogen) atoms. The third kappa shape index (κ3) is 5.83. The summed E-state index contributed by atoms with van der Waals surface area (Å²) in [6.45, 7) is 13.4. The number of aromatic amines is 1. The third-order valence-electron chi connectivity index (χ3n) is 6.94. The molecular weight excluding hydrogens is 529 g/mol. The van der Waals surface area contributed by atoms with Crippen LogP contribution in [0.3, 0.4) is 0 Å². The molecule has 0 radical (unpaired) electrons. The third-order valence-corrected chi connectivity index (χ3v) is 8.64. The lowest BCUT2D eigenvalue weighted by Gasteiger charge is -2.35. The van der Waals surface area contributed by atoms with Crippen molar-refractivity contribution in [3.63, 3.8) is 0 Å². The van der Waals surface area contributed by atoms with E-state index >= 15 is 0 Å². The van der Waals surface area contributed by atoms with Gasteiger partial charge in [-0.15, -0.1) is 0 Å². The summed E-state index contributed by atoms with van der Waals surface area (Å²) in [5.41, 5.74) is 3.80. The Morgan fingerprint density at radius 1 is 1.23 bits per heavy atom. The van der Waals surface area contributed by atoms with Crippen molar-refractivity contribution in [1.82, 2.24) is 30.4 Å². The van der Waals surface area contributed by atoms with Gasteiger partial charge in [-0.3, -0.25) is 5.10 Å². The number of nitrogens with zero attached hydrogens (tertiary/aromatic N) is 6. The van der Waals surface area contributed by atoms with Crippen molar-refractivity contribution in [2.75, 3.05) is 36.3 Å². The highest BCUT2D eigenvalue weighted by Gasteiger charge is 2.40. The van der Waals surface area contributed by atoms with Gasteiger partial charge in [0.05, 0.1) is 19.3 Å². The number of aromatic nitrogens is 5. The van der Waals surface area contributed by atoms with Crippen LogP contribution in [0.15, 0.2) is 18.3 Å². The molecule has 2 aliphatic heterocycles. The maximum Gasteiger partial charge on any atom is 0.435 e. The zero-order valence-electron chi connectivity index (χ0n) is 22.9. The van der Waals surface area contributed by atoms with E-state index in [1.807, 2.05) is 19.2 Å². The Morgan fingerprint density at radius 3 is 2.74 bits per heavy atom. The summed E-state index contributed by atoms with van der Waals surface area (Å²) >= 11 is 0. The Bertz CT molecular complexity index is 1320. The topological polar surface area (TPSA) is 96.4 Å². The lowest BCUT2D eigenvalue weighted by Crippen LogP contribution is -2.44. The van der Waals surface area contributed by atoms with E-state index in [2.05, 4.69) is 45.3 Å². The van der Waals surface area contributed by atoms with Gasteiger partial charge in [-0.1, -0.05) is 19.6 Å². The number of alkyl halides is 3. The molecule has 3 aromatic heterocycles. The van der Waals surface area contributed by atoms with Crippen molar-refractivity contribution in [1.29, 1.82) is 0 Å². The van der Waals surface area contributed by atoms with E-state index in [1.54, 1.807) is 22.7 Å². The molecule has 5 heterocycles. The zero-order chi connectivity index (χ0) is 27.9. The number of hydrogen-bond donors (Lipinski definition) is 2. The van der Waals surface area contributed by atoms with Crippen molar-refractivity contribution in [3.05, 3.63) is 35.3 Å². The normalized spacial score (nSPS) is 18.2. The molecule has 14 heteroatoms. The summed E-state index contributed by atoms with van der Waals surface area (Å²) in [5, 5.41) is 12.5. The van der Waals surface area contributed by atoms with Gasteiger partial charge in [-0.2, -0.15) is 23.4 Å². The number of fused-ring (bicyclic) bond motifs is 1. The van der Waals surface area contributed by atoms with E-state index in [-0.39, 0.29) is 18.2 Å². The number of rotatable bonds is 8. The van der Waals surface area contributed by atoms with Gasteiger partial charge in [0.15, 0.2) is 17.3 Å². The Labute approximate surface area is 226 Å². The van der Waals surface area contributed by atoms with Gasteiger partial charge in [-0.25, -0.2) is 20.1 Å². The van der Waals surface area contributed by atoms with Crippen LogP contribution in [0.25, 0.3) is 11.1 Å². The first-order valence-corrected chi connectivity index (χ1v) is 16.8. The molecule has 10 nitrogen and oxygen atoms in total. The number of H-pyrrole nitrogens is 1. The van der Waals surface area contributed by atoms with Crippen molar-refractivity contribution in [3.8, 4) is 11.1 Å². The summed E-state index contributed by atoms with van der Waals surface area (Å²) in [6.07, 6.45) is -2.79. The zero-order valence-corrected chi connectivity index (χ0v) is 23.9. The number of pyridine rings is 1. The monoisotopic (exact) mass is 564 g/mol. The van der Waals surface area contributed by atoms with Gasteiger partial charge < -0.3 is 14.4 Å². The molecule has 0 spiro atoms. The van der Waals surface area contributed by atoms with E-state index in [4.69, 9.17) is 14.5 Å². The van der Waals surface area contributed by atoms with Crippen LogP contribution in [-0.4, -0.2) is 65.4 Å². The van der Waals surface area contributed by atoms with Gasteiger partial charge in [0.1, 0.15) is 12.5 Å². The van der Waals surface area contributed by atoms with Crippen LogP contribution in [0, 0.1) is 6.92 Å². The molecule has 212 valence electrons. The van der Waals surface area contributed by atoms with Gasteiger partial charge in [0.25, 0.3) is 0 Å². The van der Waals surface area contributed by atoms with E-state index < -0.39 is 19.9 Å². The fourth-order valence-electron chi connectivity index (χ4n) is 4.81. The first kappa shape index (κ1) is 27.6. The van der Waals surface area contributed by atoms with Gasteiger partial charge in [-0.05, 0) is 31.5 Å². The highest BCUT2D eigenvalue weighted by Crippen LogP contribution is 2.44. The number of anilines is 3. The van der Waals surface area contributed by atoms with E-state index in [0.29, 0.717) is 67.4 Å². The first-order valence-electron chi connectivity index (χ1n) is 13.1. The number of halogens is 3. The number of nitrogens with one attached hydrogen (secondary N) is 2. The van der Waals surface area contributed by atoms with Crippen LogP contribution < -0.4 is 15.3 Å². The highest BCUT2D eigenvalue weighted by molar-refractivity contribution is 6.76. The number of aryl methyl sites for hydroxylation is 1. The molecule has 2 N–H and O–H groups in total. The van der Waals surface area contributed by atoms with Crippen LogP contribution >= 0.6 is 0 Å². The molecule has 0 saturated carbocycles. The molecule has 0 amide bonds. The minimum atomic E-state index is -4.61. The number of ether oxygens (including phenoxy) is 2. The molecule has 0 bridgehead atoms. The summed E-state index contributed by atoms with van der Waals surface area (Å²) in [4.78, 5) is 7.00. The molecule has 5 rings (SSSR count). The fraction of sp³-hybridized carbons (Fsp3) is 0.560. The number of morpholine rings is 1. The minimum Gasteiger partial charge on any atom is -0.377 e. The SMILES string of the molecule is Cc1[nH]nc(C(F)(F)F)c1-c1cc(N2CCOC[C@H]2C)nc2c1CNN2c1ccn(COCC[Si](C)(C)C)n1. The van der Waals surface area contributed by atoms with Crippen LogP contribution in [0.5, 0.6) is 0 Å². The lowest BCUT2D eigenvalue weighted by atomic mass is 9.98. The Morgan fingerprint density at radius 2 is 2.03 bits per heavy atom. The van der Waals surface area contributed by atoms with Gasteiger partial charge in [0.2, 0.25) is 0 Å². The molecule has 1 atom stereocenters. The Hall–Kier alpha value is -2.94. The van der Waals surface area contributed by atoms with Crippen LogP contribution in [0.2, 0.25) is 25.7 Å². The molecule has 2 aliphatic rings. The maximum absolute atomic E-state index is 14.0. The van der Waals surface area contributed by atoms with Crippen LogP contribution in [0.4, 0.5) is 30.6 Å². The van der Waals surface area contributed by atoms with Crippen molar-refractivity contribution in [2.24, 2.45) is 0 Å². The number of hydrogen-bond acceptors (Lipinski definition) is 8. The second-order valence-corrected chi connectivity index (χ2v) is 16.9. The quantitative estimate of drug-likeness (QED) is 0.301. The lowest BCUT2D eigenvalue weighted by molar-refractivity contribution is -0.140. The average molecular weight is 565 g/mol. The summed E-state index contributed by atoms with van der Waals surface area (Å²) in [6, 6.07) is 4.65. The van der Waals surface area contributed by atoms with Crippen LogP contribution in [-0.2, 0) is 28.9 Å². The summed E-state index contributed by atoms with van der Waals surface area (Å²) < 4.78 is 55.1. The highest BCUT2D eigenvalue weighted by atomic mass is 28.3. The Balaban J connectivity index is 1.51. The predicted octanol–water partition coefficient (Wildman–Crippen LogP) is 4.69.